The summed E-state index contributed by atoms with van der Waals surface area (Å²) in [7, 11) is 1.66. The Balaban J connectivity index is 0.00000210. The Bertz CT molecular complexity index is 938. The number of rotatable bonds is 4. The van der Waals surface area contributed by atoms with Crippen LogP contribution in [-0.4, -0.2) is 31.0 Å². The number of nitrogens with zero attached hydrogens (tertiary/aromatic N) is 2. The van der Waals surface area contributed by atoms with Gasteiger partial charge >= 0.3 is 0 Å². The van der Waals surface area contributed by atoms with E-state index in [0.717, 1.165) is 48.3 Å². The van der Waals surface area contributed by atoms with Gasteiger partial charge in [-0.3, -0.25) is 9.78 Å². The molecule has 1 saturated heterocycles. The van der Waals surface area contributed by atoms with Gasteiger partial charge in [0.25, 0.3) is 0 Å². The summed E-state index contributed by atoms with van der Waals surface area (Å²) >= 11 is 0. The topological polar surface area (TPSA) is 42.4 Å². The minimum atomic E-state index is 0. The van der Waals surface area contributed by atoms with Crippen LogP contribution in [0, 0.1) is 0 Å². The van der Waals surface area contributed by atoms with E-state index in [1.807, 2.05) is 48.5 Å². The third-order valence-electron chi connectivity index (χ3n) is 5.00. The van der Waals surface area contributed by atoms with Crippen molar-refractivity contribution in [1.82, 2.24) is 4.98 Å². The summed E-state index contributed by atoms with van der Waals surface area (Å²) in [6.45, 7) is 1.93. The fourth-order valence-electron chi connectivity index (χ4n) is 3.65. The van der Waals surface area contributed by atoms with Gasteiger partial charge in [0.05, 0.1) is 23.9 Å². The Morgan fingerprint density at radius 2 is 1.78 bits per heavy atom. The average Bonchev–Trinajstić information content (AvgIpc) is 2.73. The van der Waals surface area contributed by atoms with Crippen LogP contribution < -0.4 is 9.64 Å². The molecule has 0 radical (unpaired) electrons. The van der Waals surface area contributed by atoms with Crippen LogP contribution in [0.15, 0.2) is 54.7 Å². The maximum absolute atomic E-state index is 13.2. The van der Waals surface area contributed by atoms with Crippen molar-refractivity contribution in [2.24, 2.45) is 0 Å². The second-order valence-electron chi connectivity index (χ2n) is 6.65. The third-order valence-corrected chi connectivity index (χ3v) is 5.00. The quantitative estimate of drug-likeness (QED) is 0.603. The van der Waals surface area contributed by atoms with Crippen LogP contribution in [-0.2, 0) is 0 Å². The van der Waals surface area contributed by atoms with Crippen LogP contribution in [0.4, 0.5) is 5.69 Å². The van der Waals surface area contributed by atoms with Crippen LogP contribution in [0.5, 0.6) is 5.75 Å². The van der Waals surface area contributed by atoms with E-state index in [1.54, 1.807) is 13.3 Å². The molecule has 3 aromatic rings. The highest BCUT2D eigenvalue weighted by molar-refractivity contribution is 6.16. The molecule has 0 unspecified atom stereocenters. The highest BCUT2D eigenvalue weighted by Gasteiger charge is 2.23. The number of halogens is 1. The number of carbonyl (C=O) groups is 1. The van der Waals surface area contributed by atoms with Crippen molar-refractivity contribution < 1.29 is 9.53 Å². The van der Waals surface area contributed by atoms with E-state index in [1.165, 1.54) is 6.42 Å². The smallest absolute Gasteiger partial charge is 0.196 e. The van der Waals surface area contributed by atoms with Crippen LogP contribution in [0.3, 0.4) is 0 Å². The molecule has 140 valence electrons. The minimum absolute atomic E-state index is 0. The number of anilines is 1. The summed E-state index contributed by atoms with van der Waals surface area (Å²) in [6.07, 6.45) is 5.26. The Morgan fingerprint density at radius 1 is 1.04 bits per heavy atom. The number of ether oxygens (including phenoxy) is 1. The zero-order valence-electron chi connectivity index (χ0n) is 15.4. The largest absolute Gasteiger partial charge is 0.497 e. The van der Waals surface area contributed by atoms with Gasteiger partial charge in [0.15, 0.2) is 5.78 Å². The molecular weight excluding hydrogens is 360 g/mol. The molecule has 0 aliphatic carbocycles. The van der Waals surface area contributed by atoms with Crippen molar-refractivity contribution in [3.8, 4) is 5.75 Å². The Hall–Kier alpha value is -2.59. The SMILES string of the molecule is COc1ccc2ncc(C(=O)c3ccccc3)c(N3CCCCC3)c2c1.Cl. The van der Waals surface area contributed by atoms with Crippen LogP contribution in [0.1, 0.15) is 35.2 Å². The second-order valence-corrected chi connectivity index (χ2v) is 6.65. The average molecular weight is 383 g/mol. The second kappa shape index (κ2) is 8.40. The number of fused-ring (bicyclic) bond motifs is 1. The number of pyridine rings is 1. The van der Waals surface area contributed by atoms with Crippen LogP contribution in [0.25, 0.3) is 10.9 Å². The molecule has 1 aromatic heterocycles. The lowest BCUT2D eigenvalue weighted by Gasteiger charge is -2.31. The number of methoxy groups -OCH3 is 1. The van der Waals surface area contributed by atoms with E-state index < -0.39 is 0 Å². The van der Waals surface area contributed by atoms with Crippen molar-refractivity contribution in [3.63, 3.8) is 0 Å². The first-order chi connectivity index (χ1) is 12.8. The molecule has 4 nitrogen and oxygen atoms in total. The number of ketones is 1. The van der Waals surface area contributed by atoms with E-state index in [0.29, 0.717) is 11.1 Å². The van der Waals surface area contributed by atoms with Crippen molar-refractivity contribution in [2.45, 2.75) is 19.3 Å². The van der Waals surface area contributed by atoms with Gasteiger partial charge in [0.2, 0.25) is 0 Å². The van der Waals surface area contributed by atoms with Crippen LogP contribution >= 0.6 is 12.4 Å². The minimum Gasteiger partial charge on any atom is -0.497 e. The lowest BCUT2D eigenvalue weighted by molar-refractivity contribution is 0.103. The normalized spacial score (nSPS) is 13.9. The van der Waals surface area contributed by atoms with Crippen molar-refractivity contribution in [2.75, 3.05) is 25.1 Å². The lowest BCUT2D eigenvalue weighted by atomic mass is 9.98. The molecule has 27 heavy (non-hydrogen) atoms. The van der Waals surface area contributed by atoms with E-state index in [4.69, 9.17) is 4.74 Å². The van der Waals surface area contributed by atoms with Gasteiger partial charge in [0, 0.05) is 30.2 Å². The van der Waals surface area contributed by atoms with Crippen molar-refractivity contribution >= 4 is 34.8 Å². The van der Waals surface area contributed by atoms with E-state index in [2.05, 4.69) is 9.88 Å². The van der Waals surface area contributed by atoms with Gasteiger partial charge in [-0.05, 0) is 37.5 Å². The van der Waals surface area contributed by atoms with Crippen LogP contribution in [0.2, 0.25) is 0 Å². The lowest BCUT2D eigenvalue weighted by Crippen LogP contribution is -2.31. The fraction of sp³-hybridized carbons (Fsp3) is 0.273. The first-order valence-corrected chi connectivity index (χ1v) is 9.09. The van der Waals surface area contributed by atoms with Gasteiger partial charge in [-0.2, -0.15) is 0 Å². The Kier molecular flexibility index (Phi) is 5.97. The number of piperidine rings is 1. The van der Waals surface area contributed by atoms with Gasteiger partial charge in [-0.15, -0.1) is 12.4 Å². The molecule has 5 heteroatoms. The number of hydrogen-bond acceptors (Lipinski definition) is 4. The number of hydrogen-bond donors (Lipinski definition) is 0. The Morgan fingerprint density at radius 3 is 2.48 bits per heavy atom. The molecule has 1 aliphatic heterocycles. The van der Waals surface area contributed by atoms with Crippen molar-refractivity contribution in [1.29, 1.82) is 0 Å². The summed E-state index contributed by atoms with van der Waals surface area (Å²) in [5, 5.41) is 0.980. The van der Waals surface area contributed by atoms with E-state index in [-0.39, 0.29) is 18.2 Å². The van der Waals surface area contributed by atoms with Crippen molar-refractivity contribution in [3.05, 3.63) is 65.9 Å². The molecule has 2 aromatic carbocycles. The predicted molar refractivity (Wildman–Crippen MR) is 111 cm³/mol. The third kappa shape index (κ3) is 3.76. The summed E-state index contributed by atoms with van der Waals surface area (Å²) in [5.41, 5.74) is 3.23. The maximum atomic E-state index is 13.2. The molecule has 2 heterocycles. The number of carbonyl (C=O) groups excluding carboxylic acids is 1. The molecule has 1 aliphatic rings. The van der Waals surface area contributed by atoms with E-state index >= 15 is 0 Å². The summed E-state index contributed by atoms with van der Waals surface area (Å²) < 4.78 is 5.42. The molecule has 0 atom stereocenters. The predicted octanol–water partition coefficient (Wildman–Crippen LogP) is 4.89. The molecule has 0 bridgehead atoms. The molecule has 0 amide bonds. The zero-order chi connectivity index (χ0) is 17.9. The molecule has 0 saturated carbocycles. The van der Waals surface area contributed by atoms with Gasteiger partial charge in [-0.25, -0.2) is 0 Å². The summed E-state index contributed by atoms with van der Waals surface area (Å²) in [4.78, 5) is 20.1. The number of aromatic nitrogens is 1. The molecule has 0 N–H and O–H groups in total. The monoisotopic (exact) mass is 382 g/mol. The van der Waals surface area contributed by atoms with Gasteiger partial charge in [-0.1, -0.05) is 30.3 Å². The number of benzene rings is 2. The van der Waals surface area contributed by atoms with Gasteiger partial charge < -0.3 is 9.64 Å². The summed E-state index contributed by atoms with van der Waals surface area (Å²) in [6, 6.07) is 15.3. The Labute approximate surface area is 165 Å². The summed E-state index contributed by atoms with van der Waals surface area (Å²) in [5.74, 6) is 0.797. The maximum Gasteiger partial charge on any atom is 0.196 e. The van der Waals surface area contributed by atoms with Gasteiger partial charge in [0.1, 0.15) is 5.75 Å². The molecular formula is C22H23ClN2O2. The molecule has 4 rings (SSSR count). The fourth-order valence-corrected chi connectivity index (χ4v) is 3.65. The first kappa shape index (κ1) is 19.2. The zero-order valence-corrected chi connectivity index (χ0v) is 16.2. The van der Waals surface area contributed by atoms with E-state index in [9.17, 15) is 4.79 Å². The standard InChI is InChI=1S/C22H22N2O2.ClH/c1-26-17-10-11-20-18(14-17)21(24-12-6-3-7-13-24)19(15-23-20)22(25)16-8-4-2-5-9-16;/h2,4-5,8-11,14-15H,3,6-7,12-13H2,1H3;1H. The highest BCUT2D eigenvalue weighted by Crippen LogP contribution is 2.35. The first-order valence-electron chi connectivity index (χ1n) is 9.09. The molecule has 1 fully saturated rings. The molecule has 0 spiro atoms. The highest BCUT2D eigenvalue weighted by atomic mass is 35.5.